The summed E-state index contributed by atoms with van der Waals surface area (Å²) in [5.74, 6) is 0.752. The van der Waals surface area contributed by atoms with E-state index in [-0.39, 0.29) is 6.04 Å². The van der Waals surface area contributed by atoms with E-state index in [9.17, 15) is 0 Å². The number of nitrogens with zero attached hydrogens (tertiary/aromatic N) is 4. The Morgan fingerprint density at radius 1 is 1.26 bits per heavy atom. The maximum absolute atomic E-state index is 6.58. The molecular formula is C27H41N7O. The molecule has 1 heterocycles. The van der Waals surface area contributed by atoms with Crippen molar-refractivity contribution in [2.45, 2.75) is 19.4 Å². The molecule has 1 unspecified atom stereocenters. The number of anilines is 2. The minimum absolute atomic E-state index is 0.342. The second-order valence-electron chi connectivity index (χ2n) is 8.80. The third-order valence-electron chi connectivity index (χ3n) is 5.84. The third kappa shape index (κ3) is 7.00. The van der Waals surface area contributed by atoms with E-state index in [1.807, 2.05) is 82.3 Å². The van der Waals surface area contributed by atoms with Crippen LogP contribution in [0.3, 0.4) is 0 Å². The van der Waals surface area contributed by atoms with Crippen LogP contribution in [-0.4, -0.2) is 63.2 Å². The van der Waals surface area contributed by atoms with E-state index >= 15 is 0 Å². The summed E-state index contributed by atoms with van der Waals surface area (Å²) >= 11 is 0. The molecule has 190 valence electrons. The van der Waals surface area contributed by atoms with E-state index in [0.29, 0.717) is 17.8 Å². The summed E-state index contributed by atoms with van der Waals surface area (Å²) in [7, 11) is 9.76. The molecule has 1 aromatic heterocycles. The zero-order valence-electron chi connectivity index (χ0n) is 22.0. The van der Waals surface area contributed by atoms with E-state index < -0.39 is 0 Å². The van der Waals surface area contributed by atoms with Crippen LogP contribution in [0.15, 0.2) is 42.1 Å². The molecule has 1 aromatic carbocycles. The summed E-state index contributed by atoms with van der Waals surface area (Å²) in [5.41, 5.74) is 24.9. The molecule has 8 nitrogen and oxygen atoms in total. The summed E-state index contributed by atoms with van der Waals surface area (Å²) in [4.78, 5) is 8.69. The van der Waals surface area contributed by atoms with Crippen LogP contribution >= 0.6 is 0 Å². The highest BCUT2D eigenvalue weighted by Gasteiger charge is 2.17. The van der Waals surface area contributed by atoms with Crippen molar-refractivity contribution in [1.82, 2.24) is 9.47 Å². The van der Waals surface area contributed by atoms with Gasteiger partial charge in [0.1, 0.15) is 5.75 Å². The number of nitrogens with two attached hydrogens (primary N) is 3. The van der Waals surface area contributed by atoms with Gasteiger partial charge in [0.2, 0.25) is 0 Å². The second-order valence-corrected chi connectivity index (χ2v) is 8.80. The van der Waals surface area contributed by atoms with Crippen molar-refractivity contribution < 1.29 is 4.74 Å². The highest BCUT2D eigenvalue weighted by molar-refractivity contribution is 5.81. The Balaban J connectivity index is 2.40. The minimum Gasteiger partial charge on any atom is -0.496 e. The molecule has 35 heavy (non-hydrogen) atoms. The number of rotatable bonds is 12. The lowest BCUT2D eigenvalue weighted by Gasteiger charge is -2.24. The van der Waals surface area contributed by atoms with Gasteiger partial charge in [-0.2, -0.15) is 0 Å². The lowest BCUT2D eigenvalue weighted by Crippen LogP contribution is -2.29. The minimum atomic E-state index is -0.342. The van der Waals surface area contributed by atoms with E-state index in [0.717, 1.165) is 46.9 Å². The van der Waals surface area contributed by atoms with E-state index in [1.54, 1.807) is 7.11 Å². The topological polar surface area (TPSA) is 111 Å². The molecule has 6 N–H and O–H groups in total. The summed E-state index contributed by atoms with van der Waals surface area (Å²) in [6.45, 7) is 7.69. The Hall–Kier alpha value is -3.49. The molecule has 0 amide bonds. The molecule has 2 aromatic rings. The van der Waals surface area contributed by atoms with Crippen molar-refractivity contribution in [1.29, 1.82) is 0 Å². The normalized spacial score (nSPS) is 13.2. The van der Waals surface area contributed by atoms with Gasteiger partial charge in [0.05, 0.1) is 30.5 Å². The predicted molar refractivity (Wildman–Crippen MR) is 152 cm³/mol. The van der Waals surface area contributed by atoms with Crippen molar-refractivity contribution >= 4 is 35.6 Å². The highest BCUT2D eigenvalue weighted by atomic mass is 16.5. The van der Waals surface area contributed by atoms with Gasteiger partial charge in [-0.25, -0.2) is 4.99 Å². The van der Waals surface area contributed by atoms with Crippen LogP contribution < -0.4 is 26.8 Å². The molecule has 0 spiro atoms. The van der Waals surface area contributed by atoms with Gasteiger partial charge < -0.3 is 36.3 Å². The lowest BCUT2D eigenvalue weighted by atomic mass is 10.0. The molecule has 0 radical (unpaired) electrons. The number of benzene rings is 1. The van der Waals surface area contributed by atoms with E-state index in [2.05, 4.69) is 21.4 Å². The Labute approximate surface area is 210 Å². The first kappa shape index (κ1) is 27.8. The molecule has 8 heteroatoms. The summed E-state index contributed by atoms with van der Waals surface area (Å²) < 4.78 is 7.71. The predicted octanol–water partition coefficient (Wildman–Crippen LogP) is 3.19. The third-order valence-corrected chi connectivity index (χ3v) is 5.84. The maximum Gasteiger partial charge on any atom is 0.124 e. The maximum atomic E-state index is 6.58. The number of allylic oxidation sites excluding steroid dienone is 1. The Kier molecular flexibility index (Phi) is 10.2. The number of hydrogen-bond donors (Lipinski definition) is 3. The number of ether oxygens (including phenoxy) is 1. The molecule has 0 aliphatic rings. The van der Waals surface area contributed by atoms with Gasteiger partial charge in [-0.05, 0) is 51.2 Å². The van der Waals surface area contributed by atoms with E-state index in [1.165, 1.54) is 6.34 Å². The van der Waals surface area contributed by atoms with Crippen molar-refractivity contribution in [3.8, 4) is 5.75 Å². The monoisotopic (exact) mass is 479 g/mol. The number of nitrogen functional groups attached to an aromatic ring is 1. The number of hydrogen-bond acceptors (Lipinski definition) is 6. The Morgan fingerprint density at radius 3 is 2.54 bits per heavy atom. The van der Waals surface area contributed by atoms with Crippen molar-refractivity contribution in [3.05, 3.63) is 59.4 Å². The van der Waals surface area contributed by atoms with Crippen LogP contribution in [-0.2, 0) is 13.5 Å². The molecule has 0 bridgehead atoms. The van der Waals surface area contributed by atoms with Crippen LogP contribution in [0, 0.1) is 0 Å². The highest BCUT2D eigenvalue weighted by Crippen LogP contribution is 2.33. The van der Waals surface area contributed by atoms with Crippen LogP contribution in [0.2, 0.25) is 0 Å². The average molecular weight is 480 g/mol. The first-order valence-electron chi connectivity index (χ1n) is 11.6. The molecule has 2 rings (SSSR count). The molecule has 0 fully saturated rings. The SMILES string of the molecule is C=Cc1c(/C=C\C)c(/C(=C/C(N)Cc2cc(N)c(N(C)CCN(C)C)cc2OC)N=CN)cn1C. The van der Waals surface area contributed by atoms with Crippen LogP contribution in [0.25, 0.3) is 17.8 Å². The standard InChI is InChI=1S/C27H41N7O/c1-8-10-21-22(17-34(6)25(21)9-2)24(31-18-28)15-20(29)13-19-14-23(30)26(16-27(19)35-7)33(5)12-11-32(3)4/h8-10,14-18,20H,2,11-13,29-30H2,1,3-7H3,(H2,28,31)/b10-8-,24-15-. The van der Waals surface area contributed by atoms with Gasteiger partial charge in [0, 0.05) is 62.3 Å². The van der Waals surface area contributed by atoms with Gasteiger partial charge in [0.25, 0.3) is 0 Å². The molecular weight excluding hydrogens is 438 g/mol. The van der Waals surface area contributed by atoms with Gasteiger partial charge in [-0.15, -0.1) is 0 Å². The largest absolute Gasteiger partial charge is 0.496 e. The van der Waals surface area contributed by atoms with Gasteiger partial charge >= 0.3 is 0 Å². The smallest absolute Gasteiger partial charge is 0.124 e. The van der Waals surface area contributed by atoms with Crippen molar-refractivity contribution in [2.75, 3.05) is 52.0 Å². The number of aromatic nitrogens is 1. The number of aryl methyl sites for hydroxylation is 1. The molecule has 0 saturated heterocycles. The van der Waals surface area contributed by atoms with Crippen molar-refractivity contribution in [3.63, 3.8) is 0 Å². The molecule has 0 saturated carbocycles. The number of likely N-dealkylation sites (N-methyl/N-ethyl adjacent to an activating group) is 2. The first-order chi connectivity index (χ1) is 16.7. The molecule has 0 aliphatic heterocycles. The first-order valence-corrected chi connectivity index (χ1v) is 11.6. The fraction of sp³-hybridized carbons (Fsp3) is 0.370. The van der Waals surface area contributed by atoms with Gasteiger partial charge in [0.15, 0.2) is 0 Å². The number of methoxy groups -OCH3 is 1. The Morgan fingerprint density at radius 2 is 1.97 bits per heavy atom. The van der Waals surface area contributed by atoms with E-state index in [4.69, 9.17) is 21.9 Å². The quantitative estimate of drug-likeness (QED) is 0.245. The average Bonchev–Trinajstić information content (AvgIpc) is 3.12. The van der Waals surface area contributed by atoms with Crippen LogP contribution in [0.1, 0.15) is 29.3 Å². The zero-order valence-corrected chi connectivity index (χ0v) is 22.0. The summed E-state index contributed by atoms with van der Waals surface area (Å²) in [5, 5.41) is 0. The van der Waals surface area contributed by atoms with Crippen LogP contribution in [0.4, 0.5) is 11.4 Å². The summed E-state index contributed by atoms with van der Waals surface area (Å²) in [6.07, 6.45) is 11.6. The zero-order chi connectivity index (χ0) is 26.1. The Bertz CT molecular complexity index is 1100. The van der Waals surface area contributed by atoms with Crippen molar-refractivity contribution in [2.24, 2.45) is 23.5 Å². The number of aliphatic imine (C=N–C) groups is 1. The van der Waals surface area contributed by atoms with Gasteiger partial charge in [-0.3, -0.25) is 0 Å². The molecule has 0 aliphatic carbocycles. The lowest BCUT2D eigenvalue weighted by molar-refractivity contribution is 0.408. The fourth-order valence-corrected chi connectivity index (χ4v) is 4.04. The summed E-state index contributed by atoms with van der Waals surface area (Å²) in [6, 6.07) is 3.59. The molecule has 1 atom stereocenters. The van der Waals surface area contributed by atoms with Crippen LogP contribution in [0.5, 0.6) is 5.75 Å². The van der Waals surface area contributed by atoms with Gasteiger partial charge in [-0.1, -0.05) is 18.7 Å². The fourth-order valence-electron chi connectivity index (χ4n) is 4.04. The second kappa shape index (κ2) is 12.8.